The maximum Gasteiger partial charge on any atom is 0.339 e. The van der Waals surface area contributed by atoms with E-state index in [4.69, 9.17) is 4.74 Å². The van der Waals surface area contributed by atoms with E-state index in [1.54, 1.807) is 11.3 Å². The van der Waals surface area contributed by atoms with Gasteiger partial charge in [0, 0.05) is 28.9 Å². The number of esters is 1. The number of amides is 1. The van der Waals surface area contributed by atoms with Gasteiger partial charge in [0.05, 0.1) is 5.56 Å². The summed E-state index contributed by atoms with van der Waals surface area (Å²) in [6.45, 7) is 4.20. The molecule has 142 valence electrons. The van der Waals surface area contributed by atoms with Crippen LogP contribution in [0.25, 0.3) is 0 Å². The van der Waals surface area contributed by atoms with E-state index in [1.165, 1.54) is 10.4 Å². The summed E-state index contributed by atoms with van der Waals surface area (Å²) >= 11 is 1.68. The van der Waals surface area contributed by atoms with Crippen molar-refractivity contribution in [2.45, 2.75) is 45.6 Å². The zero-order chi connectivity index (χ0) is 18.8. The Hall–Kier alpha value is -2.14. The van der Waals surface area contributed by atoms with Crippen LogP contribution in [0.3, 0.4) is 0 Å². The number of carbonyl (C=O) groups excluding carboxylic acids is 2. The Labute approximate surface area is 164 Å². The molecule has 4 nitrogen and oxygen atoms in total. The maximum atomic E-state index is 12.5. The Morgan fingerprint density at radius 1 is 1.19 bits per heavy atom. The molecule has 27 heavy (non-hydrogen) atoms. The molecule has 0 radical (unpaired) electrons. The number of fused-ring (bicyclic) bond motifs is 1. The molecule has 5 heteroatoms. The molecule has 1 fully saturated rings. The van der Waals surface area contributed by atoms with Gasteiger partial charge in [0.15, 0.2) is 0 Å². The summed E-state index contributed by atoms with van der Waals surface area (Å²) in [5, 5.41) is 1.95. The van der Waals surface area contributed by atoms with Crippen molar-refractivity contribution >= 4 is 23.2 Å². The van der Waals surface area contributed by atoms with Crippen molar-refractivity contribution in [3.63, 3.8) is 0 Å². The van der Waals surface area contributed by atoms with Gasteiger partial charge >= 0.3 is 5.97 Å². The quantitative estimate of drug-likeness (QED) is 0.732. The molecule has 2 heterocycles. The van der Waals surface area contributed by atoms with Crippen LogP contribution >= 0.6 is 11.3 Å². The van der Waals surface area contributed by atoms with Crippen LogP contribution in [-0.4, -0.2) is 29.9 Å². The summed E-state index contributed by atoms with van der Waals surface area (Å²) in [5.41, 5.74) is 3.53. The van der Waals surface area contributed by atoms with Crippen molar-refractivity contribution in [3.8, 4) is 0 Å². The summed E-state index contributed by atoms with van der Waals surface area (Å²) in [6.07, 6.45) is 5.35. The van der Waals surface area contributed by atoms with Crippen LogP contribution in [0.2, 0.25) is 0 Å². The summed E-state index contributed by atoms with van der Waals surface area (Å²) in [6, 6.07) is 7.41. The number of likely N-dealkylation sites (tertiary alicyclic amines) is 1. The largest absolute Gasteiger partial charge is 0.457 e. The highest BCUT2D eigenvalue weighted by Crippen LogP contribution is 2.33. The lowest BCUT2D eigenvalue weighted by atomic mass is 9.88. The van der Waals surface area contributed by atoms with E-state index >= 15 is 0 Å². The third-order valence-electron chi connectivity index (χ3n) is 5.59. The first-order valence-electron chi connectivity index (χ1n) is 9.76. The molecule has 0 bridgehead atoms. The number of carbonyl (C=O) groups is 2. The lowest BCUT2D eigenvalue weighted by Gasteiger charge is -2.18. The van der Waals surface area contributed by atoms with Gasteiger partial charge in [-0.25, -0.2) is 4.79 Å². The van der Waals surface area contributed by atoms with Gasteiger partial charge in [-0.3, -0.25) is 4.79 Å². The SMILES string of the molecule is CC1CCc2c(C(=O)OCc3ccc(C(=O)N4CCCC4)cc3)csc2C1. The fourth-order valence-corrected chi connectivity index (χ4v) is 5.16. The highest BCUT2D eigenvalue weighted by molar-refractivity contribution is 7.10. The molecule has 1 aliphatic carbocycles. The van der Waals surface area contributed by atoms with Crippen LogP contribution in [0.15, 0.2) is 29.6 Å². The molecule has 0 N–H and O–H groups in total. The molecule has 0 saturated carbocycles. The molecule has 1 saturated heterocycles. The summed E-state index contributed by atoms with van der Waals surface area (Å²) in [7, 11) is 0. The van der Waals surface area contributed by atoms with Gasteiger partial charge in [0.1, 0.15) is 6.61 Å². The first-order chi connectivity index (χ1) is 13.1. The predicted molar refractivity (Wildman–Crippen MR) is 106 cm³/mol. The number of nitrogens with zero attached hydrogens (tertiary/aromatic N) is 1. The number of hydrogen-bond acceptors (Lipinski definition) is 4. The second kappa shape index (κ2) is 7.85. The molecule has 4 rings (SSSR count). The molecule has 1 aromatic heterocycles. The standard InChI is InChI=1S/C22H25NO3S/c1-15-4-9-18-19(14-27-20(18)12-15)22(25)26-13-16-5-7-17(8-6-16)21(24)23-10-2-3-11-23/h5-8,14-15H,2-4,9-13H2,1H3. The van der Waals surface area contributed by atoms with Gasteiger partial charge in [-0.1, -0.05) is 19.1 Å². The van der Waals surface area contributed by atoms with E-state index in [0.717, 1.165) is 56.3 Å². The first kappa shape index (κ1) is 18.2. The highest BCUT2D eigenvalue weighted by Gasteiger charge is 2.24. The minimum absolute atomic E-state index is 0.0928. The number of rotatable bonds is 4. The van der Waals surface area contributed by atoms with Crippen LogP contribution in [0.1, 0.15) is 62.9 Å². The van der Waals surface area contributed by atoms with Crippen LogP contribution in [-0.2, 0) is 24.2 Å². The molecular formula is C22H25NO3S. The molecule has 1 amide bonds. The maximum absolute atomic E-state index is 12.5. The molecule has 0 spiro atoms. The lowest BCUT2D eigenvalue weighted by Crippen LogP contribution is -2.27. The van der Waals surface area contributed by atoms with Crippen LogP contribution in [0.4, 0.5) is 0 Å². The fraction of sp³-hybridized carbons (Fsp3) is 0.455. The summed E-state index contributed by atoms with van der Waals surface area (Å²) in [4.78, 5) is 28.1. The van der Waals surface area contributed by atoms with Crippen LogP contribution in [0, 0.1) is 5.92 Å². The molecule has 2 aromatic rings. The summed E-state index contributed by atoms with van der Waals surface area (Å²) in [5.74, 6) is 0.552. The van der Waals surface area contributed by atoms with Gasteiger partial charge in [-0.05, 0) is 61.3 Å². The van der Waals surface area contributed by atoms with E-state index in [-0.39, 0.29) is 18.5 Å². The molecule has 1 atom stereocenters. The van der Waals surface area contributed by atoms with Crippen molar-refractivity contribution < 1.29 is 14.3 Å². The predicted octanol–water partition coefficient (Wildman–Crippen LogP) is 4.47. The van der Waals surface area contributed by atoms with E-state index in [9.17, 15) is 9.59 Å². The Morgan fingerprint density at radius 3 is 2.67 bits per heavy atom. The van der Waals surface area contributed by atoms with E-state index in [0.29, 0.717) is 11.5 Å². The Kier molecular flexibility index (Phi) is 5.30. The third kappa shape index (κ3) is 3.93. The van der Waals surface area contributed by atoms with E-state index < -0.39 is 0 Å². The lowest BCUT2D eigenvalue weighted by molar-refractivity contribution is 0.0471. The number of benzene rings is 1. The van der Waals surface area contributed by atoms with Gasteiger partial charge in [0.2, 0.25) is 0 Å². The Morgan fingerprint density at radius 2 is 1.93 bits per heavy atom. The van der Waals surface area contributed by atoms with Crippen molar-refractivity contribution in [2.24, 2.45) is 5.92 Å². The third-order valence-corrected chi connectivity index (χ3v) is 6.64. The van der Waals surface area contributed by atoms with E-state index in [2.05, 4.69) is 6.92 Å². The average Bonchev–Trinajstić information content (AvgIpc) is 3.35. The minimum Gasteiger partial charge on any atom is -0.457 e. The van der Waals surface area contributed by atoms with E-state index in [1.807, 2.05) is 34.5 Å². The summed E-state index contributed by atoms with van der Waals surface area (Å²) < 4.78 is 5.54. The highest BCUT2D eigenvalue weighted by atomic mass is 32.1. The molecule has 1 unspecified atom stereocenters. The molecule has 2 aliphatic rings. The van der Waals surface area contributed by atoms with Crippen molar-refractivity contribution in [1.82, 2.24) is 4.90 Å². The average molecular weight is 384 g/mol. The van der Waals surface area contributed by atoms with Gasteiger partial charge in [-0.15, -0.1) is 11.3 Å². The monoisotopic (exact) mass is 383 g/mol. The van der Waals surface area contributed by atoms with Crippen molar-refractivity contribution in [1.29, 1.82) is 0 Å². The number of thiophene rings is 1. The second-order valence-corrected chi connectivity index (χ2v) is 8.64. The zero-order valence-electron chi connectivity index (χ0n) is 15.7. The fourth-order valence-electron chi connectivity index (χ4n) is 3.92. The first-order valence-corrected chi connectivity index (χ1v) is 10.6. The topological polar surface area (TPSA) is 46.6 Å². The van der Waals surface area contributed by atoms with Gasteiger partial charge in [0.25, 0.3) is 5.91 Å². The molecule has 1 aromatic carbocycles. The van der Waals surface area contributed by atoms with Gasteiger partial charge in [-0.2, -0.15) is 0 Å². The Bertz CT molecular complexity index is 834. The van der Waals surface area contributed by atoms with Crippen LogP contribution < -0.4 is 0 Å². The minimum atomic E-state index is -0.237. The Balaban J connectivity index is 1.36. The normalized spacial score (nSPS) is 19.0. The van der Waals surface area contributed by atoms with Gasteiger partial charge < -0.3 is 9.64 Å². The zero-order valence-corrected chi connectivity index (χ0v) is 16.5. The second-order valence-electron chi connectivity index (χ2n) is 7.67. The molecular weight excluding hydrogens is 358 g/mol. The van der Waals surface area contributed by atoms with Crippen LogP contribution in [0.5, 0.6) is 0 Å². The smallest absolute Gasteiger partial charge is 0.339 e. The van der Waals surface area contributed by atoms with Crippen molar-refractivity contribution in [2.75, 3.05) is 13.1 Å². The number of ether oxygens (including phenoxy) is 1. The van der Waals surface area contributed by atoms with Crippen molar-refractivity contribution in [3.05, 3.63) is 56.8 Å². The molecule has 1 aliphatic heterocycles. The number of hydrogen-bond donors (Lipinski definition) is 0.